The van der Waals surface area contributed by atoms with Gasteiger partial charge in [-0.1, -0.05) is 49.6 Å². The van der Waals surface area contributed by atoms with Crippen LogP contribution in [0.15, 0.2) is 36.4 Å². The summed E-state index contributed by atoms with van der Waals surface area (Å²) >= 11 is 0. The van der Waals surface area contributed by atoms with Gasteiger partial charge in [-0.2, -0.15) is 0 Å². The molecular weight excluding hydrogens is 248 g/mol. The minimum Gasteiger partial charge on any atom is -0.493 e. The van der Waals surface area contributed by atoms with Crippen LogP contribution in [-0.2, 0) is 0 Å². The zero-order chi connectivity index (χ0) is 13.8. The second-order valence-electron chi connectivity index (χ2n) is 5.63. The Hall–Kier alpha value is -1.83. The molecule has 0 bridgehead atoms. The zero-order valence-corrected chi connectivity index (χ0v) is 11.7. The summed E-state index contributed by atoms with van der Waals surface area (Å²) in [7, 11) is 0. The molecule has 0 N–H and O–H groups in total. The van der Waals surface area contributed by atoms with Crippen molar-refractivity contribution in [2.45, 2.75) is 32.1 Å². The van der Waals surface area contributed by atoms with Gasteiger partial charge in [0.25, 0.3) is 0 Å². The van der Waals surface area contributed by atoms with E-state index < -0.39 is 0 Å². The fraction of sp³-hybridized carbons (Fsp3) is 0.389. The monoisotopic (exact) mass is 268 g/mol. The van der Waals surface area contributed by atoms with Gasteiger partial charge in [-0.05, 0) is 35.6 Å². The third-order valence-electron chi connectivity index (χ3n) is 4.25. The van der Waals surface area contributed by atoms with Crippen LogP contribution in [0.2, 0.25) is 0 Å². The molecule has 0 radical (unpaired) electrons. The van der Waals surface area contributed by atoms with E-state index in [1.165, 1.54) is 32.1 Å². The quantitative estimate of drug-likeness (QED) is 0.757. The Morgan fingerprint density at radius 2 is 1.85 bits per heavy atom. The average molecular weight is 268 g/mol. The Balaban J connectivity index is 1.81. The third-order valence-corrected chi connectivity index (χ3v) is 4.25. The molecule has 2 heteroatoms. The highest BCUT2D eigenvalue weighted by molar-refractivity contribution is 6.00. The van der Waals surface area contributed by atoms with Crippen LogP contribution in [0.25, 0.3) is 10.8 Å². The normalized spacial score (nSPS) is 16.2. The standard InChI is InChI=1S/C18H20O2/c19-12-17-16-9-5-4-8-15(16)10-11-18(17)20-13-14-6-2-1-3-7-14/h4-5,8-12,14H,1-3,6-7,13H2. The highest BCUT2D eigenvalue weighted by Gasteiger charge is 2.15. The maximum Gasteiger partial charge on any atom is 0.154 e. The molecular formula is C18H20O2. The van der Waals surface area contributed by atoms with E-state index in [-0.39, 0.29) is 0 Å². The lowest BCUT2D eigenvalue weighted by molar-refractivity contribution is 0.111. The Morgan fingerprint density at radius 3 is 2.65 bits per heavy atom. The van der Waals surface area contributed by atoms with Crippen LogP contribution in [0.5, 0.6) is 5.75 Å². The molecule has 3 rings (SSSR count). The summed E-state index contributed by atoms with van der Waals surface area (Å²) in [5, 5.41) is 2.06. The summed E-state index contributed by atoms with van der Waals surface area (Å²) in [6.07, 6.45) is 7.40. The average Bonchev–Trinajstić information content (AvgIpc) is 2.53. The molecule has 0 spiro atoms. The minimum atomic E-state index is 0.648. The smallest absolute Gasteiger partial charge is 0.154 e. The molecule has 0 saturated heterocycles. The van der Waals surface area contributed by atoms with Crippen molar-refractivity contribution in [2.75, 3.05) is 6.61 Å². The summed E-state index contributed by atoms with van der Waals surface area (Å²) < 4.78 is 5.94. The molecule has 104 valence electrons. The van der Waals surface area contributed by atoms with Crippen LogP contribution in [0.3, 0.4) is 0 Å². The second-order valence-corrected chi connectivity index (χ2v) is 5.63. The maximum atomic E-state index is 11.4. The fourth-order valence-corrected chi connectivity index (χ4v) is 3.08. The van der Waals surface area contributed by atoms with Crippen LogP contribution >= 0.6 is 0 Å². The first-order chi connectivity index (χ1) is 9.88. The minimum absolute atomic E-state index is 0.648. The van der Waals surface area contributed by atoms with E-state index in [1.807, 2.05) is 36.4 Å². The lowest BCUT2D eigenvalue weighted by Gasteiger charge is -2.22. The van der Waals surface area contributed by atoms with E-state index in [0.29, 0.717) is 11.5 Å². The summed E-state index contributed by atoms with van der Waals surface area (Å²) in [5.74, 6) is 1.37. The van der Waals surface area contributed by atoms with Gasteiger partial charge in [-0.25, -0.2) is 0 Å². The Morgan fingerprint density at radius 1 is 1.05 bits per heavy atom. The largest absolute Gasteiger partial charge is 0.493 e. The van der Waals surface area contributed by atoms with Gasteiger partial charge in [0.15, 0.2) is 6.29 Å². The van der Waals surface area contributed by atoms with Crippen molar-refractivity contribution >= 4 is 17.1 Å². The second kappa shape index (κ2) is 6.08. The van der Waals surface area contributed by atoms with Crippen molar-refractivity contribution < 1.29 is 9.53 Å². The van der Waals surface area contributed by atoms with Gasteiger partial charge in [-0.3, -0.25) is 4.79 Å². The lowest BCUT2D eigenvalue weighted by atomic mass is 9.90. The van der Waals surface area contributed by atoms with Crippen LogP contribution in [0.1, 0.15) is 42.5 Å². The first kappa shape index (κ1) is 13.2. The first-order valence-corrected chi connectivity index (χ1v) is 7.48. The molecule has 0 unspecified atom stereocenters. The Kier molecular flexibility index (Phi) is 4.00. The summed E-state index contributed by atoms with van der Waals surface area (Å²) in [5.41, 5.74) is 0.680. The molecule has 20 heavy (non-hydrogen) atoms. The van der Waals surface area contributed by atoms with Crippen molar-refractivity contribution in [3.63, 3.8) is 0 Å². The number of ether oxygens (including phenoxy) is 1. The number of rotatable bonds is 4. The molecule has 1 aliphatic carbocycles. The highest BCUT2D eigenvalue weighted by Crippen LogP contribution is 2.29. The van der Waals surface area contributed by atoms with Crippen molar-refractivity contribution in [1.29, 1.82) is 0 Å². The molecule has 2 aromatic carbocycles. The molecule has 0 atom stereocenters. The molecule has 0 heterocycles. The van der Waals surface area contributed by atoms with Crippen LogP contribution in [0.4, 0.5) is 0 Å². The molecule has 0 aromatic heterocycles. The van der Waals surface area contributed by atoms with Crippen molar-refractivity contribution in [1.82, 2.24) is 0 Å². The molecule has 0 aliphatic heterocycles. The number of hydrogen-bond acceptors (Lipinski definition) is 2. The van der Waals surface area contributed by atoms with Crippen molar-refractivity contribution in [3.8, 4) is 5.75 Å². The fourth-order valence-electron chi connectivity index (χ4n) is 3.08. The van der Waals surface area contributed by atoms with Gasteiger partial charge in [0.1, 0.15) is 5.75 Å². The zero-order valence-electron chi connectivity index (χ0n) is 11.7. The predicted octanol–water partition coefficient (Wildman–Crippen LogP) is 4.61. The van der Waals surface area contributed by atoms with E-state index in [4.69, 9.17) is 4.74 Å². The topological polar surface area (TPSA) is 26.3 Å². The van der Waals surface area contributed by atoms with E-state index in [2.05, 4.69) is 0 Å². The Bertz CT molecular complexity index is 597. The highest BCUT2D eigenvalue weighted by atomic mass is 16.5. The lowest BCUT2D eigenvalue weighted by Crippen LogP contribution is -2.15. The van der Waals surface area contributed by atoms with Gasteiger partial charge in [0.2, 0.25) is 0 Å². The van der Waals surface area contributed by atoms with Gasteiger partial charge < -0.3 is 4.74 Å². The van der Waals surface area contributed by atoms with Gasteiger partial charge in [0, 0.05) is 0 Å². The van der Waals surface area contributed by atoms with Crippen LogP contribution < -0.4 is 4.74 Å². The summed E-state index contributed by atoms with van der Waals surface area (Å²) in [4.78, 5) is 11.4. The van der Waals surface area contributed by atoms with Gasteiger partial charge in [0.05, 0.1) is 12.2 Å². The molecule has 2 aromatic rings. The third kappa shape index (κ3) is 2.69. The predicted molar refractivity (Wildman–Crippen MR) is 81.4 cm³/mol. The van der Waals surface area contributed by atoms with E-state index in [9.17, 15) is 4.79 Å². The number of carbonyl (C=O) groups is 1. The number of carbonyl (C=O) groups excluding carboxylic acids is 1. The van der Waals surface area contributed by atoms with Crippen LogP contribution in [0, 0.1) is 5.92 Å². The number of aldehydes is 1. The van der Waals surface area contributed by atoms with Crippen molar-refractivity contribution in [3.05, 3.63) is 42.0 Å². The van der Waals surface area contributed by atoms with E-state index >= 15 is 0 Å². The van der Waals surface area contributed by atoms with E-state index in [0.717, 1.165) is 29.4 Å². The number of benzene rings is 2. The molecule has 1 aliphatic rings. The molecule has 0 amide bonds. The SMILES string of the molecule is O=Cc1c(OCC2CCCCC2)ccc2ccccc12. The first-order valence-electron chi connectivity index (χ1n) is 7.48. The summed E-state index contributed by atoms with van der Waals surface area (Å²) in [6, 6.07) is 11.9. The Labute approximate surface area is 119 Å². The summed E-state index contributed by atoms with van der Waals surface area (Å²) in [6.45, 7) is 0.735. The van der Waals surface area contributed by atoms with Crippen molar-refractivity contribution in [2.24, 2.45) is 5.92 Å². The molecule has 1 saturated carbocycles. The maximum absolute atomic E-state index is 11.4. The molecule has 1 fully saturated rings. The number of fused-ring (bicyclic) bond motifs is 1. The van der Waals surface area contributed by atoms with Crippen LogP contribution in [-0.4, -0.2) is 12.9 Å². The number of hydrogen-bond donors (Lipinski definition) is 0. The van der Waals surface area contributed by atoms with Gasteiger partial charge in [-0.15, -0.1) is 0 Å². The van der Waals surface area contributed by atoms with E-state index in [1.54, 1.807) is 0 Å². The molecule has 2 nitrogen and oxygen atoms in total. The van der Waals surface area contributed by atoms with Gasteiger partial charge >= 0.3 is 0 Å².